The van der Waals surface area contributed by atoms with E-state index < -0.39 is 16.0 Å². The second-order valence-corrected chi connectivity index (χ2v) is 6.45. The lowest BCUT2D eigenvalue weighted by atomic mass is 10.2. The van der Waals surface area contributed by atoms with Crippen LogP contribution in [0.1, 0.15) is 36.3 Å². The zero-order valence-electron chi connectivity index (χ0n) is 10.6. The van der Waals surface area contributed by atoms with Gasteiger partial charge in [-0.2, -0.15) is 0 Å². The molecule has 102 valence electrons. The predicted molar refractivity (Wildman–Crippen MR) is 69.4 cm³/mol. The molecule has 1 aromatic heterocycles. The van der Waals surface area contributed by atoms with Crippen molar-refractivity contribution in [1.29, 1.82) is 0 Å². The summed E-state index contributed by atoms with van der Waals surface area (Å²) < 4.78 is 25.8. The number of aromatic amines is 1. The number of hydrogen-bond donors (Lipinski definition) is 3. The molecule has 1 rings (SSSR count). The summed E-state index contributed by atoms with van der Waals surface area (Å²) in [5.74, 6) is -0.905. The summed E-state index contributed by atoms with van der Waals surface area (Å²) in [6, 6.07) is 0. The Kier molecular flexibility index (Phi) is 4.39. The summed E-state index contributed by atoms with van der Waals surface area (Å²) >= 11 is 0. The maximum atomic E-state index is 11.8. The third-order valence-corrected chi connectivity index (χ3v) is 3.82. The van der Waals surface area contributed by atoms with Gasteiger partial charge in [0.05, 0.1) is 11.4 Å². The van der Waals surface area contributed by atoms with Crippen LogP contribution >= 0.6 is 0 Å². The Morgan fingerprint density at radius 1 is 1.50 bits per heavy atom. The third kappa shape index (κ3) is 3.76. The Balaban J connectivity index is 2.88. The van der Waals surface area contributed by atoms with Crippen molar-refractivity contribution in [2.45, 2.75) is 27.2 Å². The van der Waals surface area contributed by atoms with E-state index in [1.807, 2.05) is 13.8 Å². The summed E-state index contributed by atoms with van der Waals surface area (Å²) in [5.41, 5.74) is 0.468. The minimum atomic E-state index is -3.51. The van der Waals surface area contributed by atoms with Gasteiger partial charge in [-0.3, -0.25) is 4.72 Å². The number of hydrogen-bond acceptors (Lipinski definition) is 3. The lowest BCUT2D eigenvalue weighted by molar-refractivity contribution is 0.0697. The zero-order valence-corrected chi connectivity index (χ0v) is 11.5. The van der Waals surface area contributed by atoms with Crippen LogP contribution in [0.15, 0.2) is 6.20 Å². The number of sulfonamides is 1. The predicted octanol–water partition coefficient (Wildman–Crippen LogP) is 1.81. The molecule has 0 bridgehead atoms. The third-order valence-electron chi connectivity index (χ3n) is 2.52. The lowest BCUT2D eigenvalue weighted by Gasteiger charge is -2.09. The van der Waals surface area contributed by atoms with E-state index in [2.05, 4.69) is 9.71 Å². The highest BCUT2D eigenvalue weighted by Crippen LogP contribution is 2.20. The molecule has 0 amide bonds. The number of aromatic carboxylic acids is 1. The molecule has 0 saturated carbocycles. The van der Waals surface area contributed by atoms with Gasteiger partial charge in [0.1, 0.15) is 5.56 Å². The number of carboxylic acids is 1. The number of anilines is 1. The van der Waals surface area contributed by atoms with Crippen LogP contribution in [0.5, 0.6) is 0 Å². The fraction of sp³-hybridized carbons (Fsp3) is 0.545. The van der Waals surface area contributed by atoms with Crippen LogP contribution in [0.4, 0.5) is 5.69 Å². The number of H-pyrrole nitrogens is 1. The second kappa shape index (κ2) is 5.43. The number of aryl methyl sites for hydroxylation is 1. The van der Waals surface area contributed by atoms with Gasteiger partial charge in [-0.25, -0.2) is 13.2 Å². The second-order valence-electron chi connectivity index (χ2n) is 4.61. The van der Waals surface area contributed by atoms with E-state index in [9.17, 15) is 13.2 Å². The van der Waals surface area contributed by atoms with E-state index in [-0.39, 0.29) is 22.9 Å². The van der Waals surface area contributed by atoms with Crippen molar-refractivity contribution in [2.24, 2.45) is 5.92 Å². The van der Waals surface area contributed by atoms with Crippen LogP contribution < -0.4 is 4.72 Å². The average Bonchev–Trinajstić information content (AvgIpc) is 2.56. The van der Waals surface area contributed by atoms with E-state index in [0.717, 1.165) is 0 Å². The average molecular weight is 274 g/mol. The van der Waals surface area contributed by atoms with Gasteiger partial charge in [0.2, 0.25) is 10.0 Å². The van der Waals surface area contributed by atoms with E-state index >= 15 is 0 Å². The molecule has 0 spiro atoms. The fourth-order valence-electron chi connectivity index (χ4n) is 1.49. The molecule has 0 fully saturated rings. The van der Waals surface area contributed by atoms with Gasteiger partial charge in [0.15, 0.2) is 0 Å². The Hall–Kier alpha value is -1.50. The van der Waals surface area contributed by atoms with Gasteiger partial charge in [-0.1, -0.05) is 13.8 Å². The van der Waals surface area contributed by atoms with Crippen molar-refractivity contribution in [2.75, 3.05) is 10.5 Å². The number of nitrogens with one attached hydrogen (secondary N) is 2. The van der Waals surface area contributed by atoms with Crippen molar-refractivity contribution >= 4 is 21.7 Å². The Bertz CT molecular complexity index is 531. The van der Waals surface area contributed by atoms with E-state index in [1.54, 1.807) is 6.92 Å². The Labute approximate surface area is 106 Å². The van der Waals surface area contributed by atoms with Crippen molar-refractivity contribution in [3.05, 3.63) is 17.5 Å². The summed E-state index contributed by atoms with van der Waals surface area (Å²) in [5, 5.41) is 9.00. The van der Waals surface area contributed by atoms with Gasteiger partial charge in [0, 0.05) is 11.9 Å². The Morgan fingerprint density at radius 3 is 2.61 bits per heavy atom. The minimum absolute atomic E-state index is 0.0199. The van der Waals surface area contributed by atoms with E-state index in [0.29, 0.717) is 12.1 Å². The van der Waals surface area contributed by atoms with Crippen molar-refractivity contribution < 1.29 is 18.3 Å². The molecular weight excluding hydrogens is 256 g/mol. The van der Waals surface area contributed by atoms with Crippen LogP contribution in [0.3, 0.4) is 0 Å². The van der Waals surface area contributed by atoms with Crippen LogP contribution in [0, 0.1) is 12.8 Å². The van der Waals surface area contributed by atoms with Crippen LogP contribution in [-0.2, 0) is 10.0 Å². The SMILES string of the molecule is Cc1[nH]cc(NS(=O)(=O)CCC(C)C)c1C(=O)O. The molecule has 7 heteroatoms. The first kappa shape index (κ1) is 14.6. The normalized spacial score (nSPS) is 11.8. The number of carbonyl (C=O) groups is 1. The summed E-state index contributed by atoms with van der Waals surface area (Å²) in [6.07, 6.45) is 1.88. The topological polar surface area (TPSA) is 99.3 Å². The first-order chi connectivity index (χ1) is 8.23. The van der Waals surface area contributed by atoms with Crippen molar-refractivity contribution in [3.63, 3.8) is 0 Å². The van der Waals surface area contributed by atoms with Gasteiger partial charge in [0.25, 0.3) is 0 Å². The van der Waals surface area contributed by atoms with Crippen molar-refractivity contribution in [3.8, 4) is 0 Å². The van der Waals surface area contributed by atoms with Gasteiger partial charge < -0.3 is 10.1 Å². The van der Waals surface area contributed by atoms with Crippen molar-refractivity contribution in [1.82, 2.24) is 4.98 Å². The molecule has 18 heavy (non-hydrogen) atoms. The monoisotopic (exact) mass is 274 g/mol. The quantitative estimate of drug-likeness (QED) is 0.736. The molecule has 0 aliphatic heterocycles. The molecule has 1 heterocycles. The minimum Gasteiger partial charge on any atom is -0.478 e. The molecule has 3 N–H and O–H groups in total. The maximum Gasteiger partial charge on any atom is 0.339 e. The first-order valence-electron chi connectivity index (χ1n) is 5.64. The molecule has 0 aliphatic rings. The van der Waals surface area contributed by atoms with E-state index in [1.165, 1.54) is 6.20 Å². The molecule has 0 aromatic carbocycles. The fourth-order valence-corrected chi connectivity index (χ4v) is 2.87. The van der Waals surface area contributed by atoms with Gasteiger partial charge >= 0.3 is 5.97 Å². The van der Waals surface area contributed by atoms with Gasteiger partial charge in [-0.05, 0) is 19.3 Å². The highest BCUT2D eigenvalue weighted by Gasteiger charge is 2.19. The van der Waals surface area contributed by atoms with Gasteiger partial charge in [-0.15, -0.1) is 0 Å². The molecule has 1 aromatic rings. The molecule has 0 saturated heterocycles. The van der Waals surface area contributed by atoms with Crippen LogP contribution in [-0.4, -0.2) is 30.2 Å². The summed E-state index contributed by atoms with van der Waals surface area (Å²) in [7, 11) is -3.51. The maximum absolute atomic E-state index is 11.8. The number of aromatic nitrogens is 1. The Morgan fingerprint density at radius 2 is 2.11 bits per heavy atom. The van der Waals surface area contributed by atoms with Crippen LogP contribution in [0.25, 0.3) is 0 Å². The van der Waals surface area contributed by atoms with E-state index in [4.69, 9.17) is 5.11 Å². The zero-order chi connectivity index (χ0) is 13.9. The highest BCUT2D eigenvalue weighted by atomic mass is 32.2. The molecule has 0 atom stereocenters. The standard InChI is InChI=1S/C11H18N2O4S/c1-7(2)4-5-18(16,17)13-9-6-12-8(3)10(9)11(14)15/h6-7,12-13H,4-5H2,1-3H3,(H,14,15). The highest BCUT2D eigenvalue weighted by molar-refractivity contribution is 7.92. The summed E-state index contributed by atoms with van der Waals surface area (Å²) in [6.45, 7) is 5.44. The molecule has 6 nitrogen and oxygen atoms in total. The summed E-state index contributed by atoms with van der Waals surface area (Å²) in [4.78, 5) is 13.7. The molecule has 0 radical (unpaired) electrons. The number of rotatable bonds is 6. The molecule has 0 unspecified atom stereocenters. The molecule has 0 aliphatic carbocycles. The lowest BCUT2D eigenvalue weighted by Crippen LogP contribution is -2.19. The molecular formula is C11H18N2O4S. The smallest absolute Gasteiger partial charge is 0.339 e. The first-order valence-corrected chi connectivity index (χ1v) is 7.30. The van der Waals surface area contributed by atoms with Crippen LogP contribution in [0.2, 0.25) is 0 Å². The largest absolute Gasteiger partial charge is 0.478 e. The number of carboxylic acid groups (broad SMARTS) is 1.